The van der Waals surface area contributed by atoms with Crippen molar-refractivity contribution >= 4 is 24.1 Å². The van der Waals surface area contributed by atoms with Gasteiger partial charge in [0, 0.05) is 103 Å². The standard InChI is InChI=1S/C28H59N9O3/c1-32(2)26(38)35(7)22-16-10-13-19-29-25(30-20-14-11-17-23-36(8)27(39)33(3)4)31-21-15-12-18-24-37(9)28(40)34(5)6/h10-24H2,1-9H3,(H2,29,30,31). The fourth-order valence-corrected chi connectivity index (χ4v) is 4.03. The summed E-state index contributed by atoms with van der Waals surface area (Å²) in [5.41, 5.74) is 0. The van der Waals surface area contributed by atoms with E-state index in [4.69, 9.17) is 4.99 Å². The molecule has 12 heteroatoms. The van der Waals surface area contributed by atoms with Crippen molar-refractivity contribution in [3.8, 4) is 0 Å². The Morgan fingerprint density at radius 1 is 0.475 bits per heavy atom. The van der Waals surface area contributed by atoms with Crippen LogP contribution >= 0.6 is 0 Å². The number of amides is 6. The van der Waals surface area contributed by atoms with Crippen molar-refractivity contribution in [3.05, 3.63) is 0 Å². The Morgan fingerprint density at radius 3 is 1.12 bits per heavy atom. The van der Waals surface area contributed by atoms with Crippen molar-refractivity contribution in [1.82, 2.24) is 40.0 Å². The molecule has 0 heterocycles. The summed E-state index contributed by atoms with van der Waals surface area (Å²) in [6.45, 7) is 4.63. The molecule has 0 saturated heterocycles. The Bertz CT molecular complexity index is 705. The van der Waals surface area contributed by atoms with Crippen molar-refractivity contribution < 1.29 is 14.4 Å². The number of carbonyl (C=O) groups is 3. The quantitative estimate of drug-likeness (QED) is 0.150. The highest BCUT2D eigenvalue weighted by Gasteiger charge is 2.11. The number of urea groups is 3. The van der Waals surface area contributed by atoms with Crippen molar-refractivity contribution in [2.24, 2.45) is 4.99 Å². The van der Waals surface area contributed by atoms with Crippen molar-refractivity contribution in [2.45, 2.75) is 57.8 Å². The zero-order valence-corrected chi connectivity index (χ0v) is 27.0. The van der Waals surface area contributed by atoms with E-state index in [9.17, 15) is 14.4 Å². The second kappa shape index (κ2) is 21.8. The van der Waals surface area contributed by atoms with E-state index in [0.717, 1.165) is 103 Å². The number of aliphatic imine (C=N–C) groups is 1. The van der Waals surface area contributed by atoms with Gasteiger partial charge in [0.25, 0.3) is 0 Å². The molecular formula is C28H59N9O3. The molecule has 0 aromatic carbocycles. The maximum atomic E-state index is 11.9. The lowest BCUT2D eigenvalue weighted by molar-refractivity contribution is 0.180. The van der Waals surface area contributed by atoms with Gasteiger partial charge >= 0.3 is 18.1 Å². The highest BCUT2D eigenvalue weighted by Crippen LogP contribution is 2.02. The van der Waals surface area contributed by atoms with Crippen molar-refractivity contribution in [1.29, 1.82) is 0 Å². The Kier molecular flexibility index (Phi) is 20.3. The molecule has 0 radical (unpaired) electrons. The molecule has 0 fully saturated rings. The Balaban J connectivity index is 4.47. The van der Waals surface area contributed by atoms with Gasteiger partial charge < -0.3 is 40.0 Å². The van der Waals surface area contributed by atoms with Gasteiger partial charge in [-0.1, -0.05) is 0 Å². The van der Waals surface area contributed by atoms with E-state index < -0.39 is 0 Å². The van der Waals surface area contributed by atoms with Gasteiger partial charge in [-0.05, 0) is 57.8 Å². The summed E-state index contributed by atoms with van der Waals surface area (Å²) < 4.78 is 0. The van der Waals surface area contributed by atoms with Gasteiger partial charge in [-0.15, -0.1) is 0 Å². The van der Waals surface area contributed by atoms with Crippen LogP contribution in [0.25, 0.3) is 0 Å². The smallest absolute Gasteiger partial charge is 0.319 e. The van der Waals surface area contributed by atoms with Crippen LogP contribution in [0.2, 0.25) is 0 Å². The molecular weight excluding hydrogens is 510 g/mol. The SMILES string of the molecule is CN(C)C(=O)N(C)CCCCCN=C(NCCCCCN(C)C(=O)N(C)C)NCCCCCN(C)C(=O)N(C)C. The van der Waals surface area contributed by atoms with Crippen LogP contribution in [0.5, 0.6) is 0 Å². The predicted octanol–water partition coefficient (Wildman–Crippen LogP) is 2.87. The van der Waals surface area contributed by atoms with Gasteiger partial charge in [0.1, 0.15) is 0 Å². The van der Waals surface area contributed by atoms with E-state index in [1.165, 1.54) is 0 Å². The number of nitrogens with one attached hydrogen (secondary N) is 2. The Morgan fingerprint density at radius 2 is 0.800 bits per heavy atom. The van der Waals surface area contributed by atoms with E-state index in [1.54, 1.807) is 71.7 Å². The lowest BCUT2D eigenvalue weighted by atomic mass is 10.2. The maximum Gasteiger partial charge on any atom is 0.319 e. The second-order valence-electron chi connectivity index (χ2n) is 11.1. The minimum Gasteiger partial charge on any atom is -0.356 e. The molecule has 0 atom stereocenters. The van der Waals surface area contributed by atoms with Crippen LogP contribution in [-0.4, -0.2) is 156 Å². The molecule has 0 aliphatic heterocycles. The van der Waals surface area contributed by atoms with Crippen molar-refractivity contribution in [3.63, 3.8) is 0 Å². The number of unbranched alkanes of at least 4 members (excludes halogenated alkanes) is 6. The number of nitrogens with zero attached hydrogens (tertiary/aromatic N) is 7. The largest absolute Gasteiger partial charge is 0.356 e. The summed E-state index contributed by atoms with van der Waals surface area (Å²) in [5, 5.41) is 6.91. The molecule has 0 aromatic rings. The van der Waals surface area contributed by atoms with Crippen LogP contribution in [-0.2, 0) is 0 Å². The summed E-state index contributed by atoms with van der Waals surface area (Å²) in [6, 6.07) is 0.0906. The second-order valence-corrected chi connectivity index (χ2v) is 11.1. The highest BCUT2D eigenvalue weighted by molar-refractivity contribution is 5.79. The molecule has 6 amide bonds. The lowest BCUT2D eigenvalue weighted by Crippen LogP contribution is -2.39. The lowest BCUT2D eigenvalue weighted by Gasteiger charge is -2.21. The molecule has 0 rings (SSSR count). The van der Waals surface area contributed by atoms with Crippen LogP contribution in [0.3, 0.4) is 0 Å². The van der Waals surface area contributed by atoms with E-state index >= 15 is 0 Å². The number of hydrogen-bond acceptors (Lipinski definition) is 4. The summed E-state index contributed by atoms with van der Waals surface area (Å²) >= 11 is 0. The van der Waals surface area contributed by atoms with Crippen LogP contribution < -0.4 is 10.6 Å². The van der Waals surface area contributed by atoms with Gasteiger partial charge in [0.2, 0.25) is 0 Å². The minimum atomic E-state index is 0.0283. The van der Waals surface area contributed by atoms with E-state index in [-0.39, 0.29) is 18.1 Å². The maximum absolute atomic E-state index is 11.9. The van der Waals surface area contributed by atoms with E-state index in [0.29, 0.717) is 0 Å². The average molecular weight is 570 g/mol. The third-order valence-corrected chi connectivity index (χ3v) is 6.47. The third kappa shape index (κ3) is 17.6. The van der Waals surface area contributed by atoms with Crippen molar-refractivity contribution in [2.75, 3.05) is 103 Å². The molecule has 0 aliphatic rings. The van der Waals surface area contributed by atoms with Gasteiger partial charge in [-0.25, -0.2) is 14.4 Å². The van der Waals surface area contributed by atoms with E-state index in [1.807, 2.05) is 21.1 Å². The van der Waals surface area contributed by atoms with E-state index in [2.05, 4.69) is 10.6 Å². The normalized spacial score (nSPS) is 10.4. The molecule has 234 valence electrons. The Labute approximate surface area is 244 Å². The monoisotopic (exact) mass is 569 g/mol. The van der Waals surface area contributed by atoms with Gasteiger partial charge in [0.15, 0.2) is 5.96 Å². The fourth-order valence-electron chi connectivity index (χ4n) is 4.03. The first-order valence-corrected chi connectivity index (χ1v) is 14.7. The number of hydrogen-bond donors (Lipinski definition) is 2. The zero-order valence-electron chi connectivity index (χ0n) is 27.0. The molecule has 0 saturated carbocycles. The molecule has 0 bridgehead atoms. The van der Waals surface area contributed by atoms with Crippen LogP contribution in [0.1, 0.15) is 57.8 Å². The first-order valence-electron chi connectivity index (χ1n) is 14.7. The van der Waals surface area contributed by atoms with Gasteiger partial charge in [-0.2, -0.15) is 0 Å². The van der Waals surface area contributed by atoms with Gasteiger partial charge in [0.05, 0.1) is 0 Å². The molecule has 12 nitrogen and oxygen atoms in total. The van der Waals surface area contributed by atoms with Crippen LogP contribution in [0.15, 0.2) is 4.99 Å². The number of guanidine groups is 1. The molecule has 40 heavy (non-hydrogen) atoms. The molecule has 0 unspecified atom stereocenters. The summed E-state index contributed by atoms with van der Waals surface area (Å²) in [7, 11) is 16.1. The van der Waals surface area contributed by atoms with Crippen LogP contribution in [0, 0.1) is 0 Å². The Hall–Kier alpha value is -2.92. The fraction of sp³-hybridized carbons (Fsp3) is 0.857. The third-order valence-electron chi connectivity index (χ3n) is 6.47. The topological polar surface area (TPSA) is 107 Å². The average Bonchev–Trinajstić information content (AvgIpc) is 2.91. The summed E-state index contributed by atoms with van der Waals surface area (Å²) in [4.78, 5) is 50.6. The molecule has 0 spiro atoms. The molecule has 0 aliphatic carbocycles. The molecule has 0 aromatic heterocycles. The summed E-state index contributed by atoms with van der Waals surface area (Å²) in [5.74, 6) is 0.833. The predicted molar refractivity (Wildman–Crippen MR) is 165 cm³/mol. The first-order chi connectivity index (χ1) is 18.9. The summed E-state index contributed by atoms with van der Waals surface area (Å²) in [6.07, 6.45) is 8.94. The number of rotatable bonds is 18. The van der Waals surface area contributed by atoms with Crippen LogP contribution in [0.4, 0.5) is 14.4 Å². The first kappa shape index (κ1) is 37.1. The molecule has 2 N–H and O–H groups in total. The van der Waals surface area contributed by atoms with Gasteiger partial charge in [-0.3, -0.25) is 4.99 Å². The number of carbonyl (C=O) groups excluding carboxylic acids is 3. The zero-order chi connectivity index (χ0) is 30.5. The minimum absolute atomic E-state index is 0.0283. The highest BCUT2D eigenvalue weighted by atomic mass is 16.2.